The number of anilines is 2. The van der Waals surface area contributed by atoms with Crippen molar-refractivity contribution in [1.29, 1.82) is 0 Å². The summed E-state index contributed by atoms with van der Waals surface area (Å²) in [5, 5.41) is 20.9. The van der Waals surface area contributed by atoms with Gasteiger partial charge in [-0.15, -0.1) is 0 Å². The van der Waals surface area contributed by atoms with E-state index in [9.17, 15) is 5.21 Å². The first kappa shape index (κ1) is 22.8. The molecule has 1 aliphatic rings. The molecule has 9 heteroatoms. The number of fused-ring (bicyclic) bond motifs is 2. The molecule has 0 saturated heterocycles. The SMILES string of the molecule is COc1ccc(-c2nc3cnccn3c2Nc2ccc3c(c2)CC/C3=N\O)cc1Cn1nc(C)cc1C. The largest absolute Gasteiger partial charge is 0.496 e. The minimum Gasteiger partial charge on any atom is -0.496 e. The summed E-state index contributed by atoms with van der Waals surface area (Å²) in [6, 6.07) is 14.3. The first-order chi connectivity index (χ1) is 18.0. The highest BCUT2D eigenvalue weighted by Crippen LogP contribution is 2.35. The average molecular weight is 494 g/mol. The van der Waals surface area contributed by atoms with E-state index in [1.165, 1.54) is 0 Å². The van der Waals surface area contributed by atoms with Crippen LogP contribution in [-0.2, 0) is 13.0 Å². The smallest absolute Gasteiger partial charge is 0.157 e. The van der Waals surface area contributed by atoms with Gasteiger partial charge >= 0.3 is 0 Å². The highest BCUT2D eigenvalue weighted by atomic mass is 16.5. The van der Waals surface area contributed by atoms with Gasteiger partial charge in [-0.2, -0.15) is 5.10 Å². The third-order valence-electron chi connectivity index (χ3n) is 6.84. The molecule has 3 aromatic heterocycles. The van der Waals surface area contributed by atoms with Gasteiger partial charge in [0.25, 0.3) is 0 Å². The number of ether oxygens (including phenoxy) is 1. The van der Waals surface area contributed by atoms with Gasteiger partial charge in [-0.3, -0.25) is 14.1 Å². The second-order valence-electron chi connectivity index (χ2n) is 9.27. The van der Waals surface area contributed by atoms with Crippen molar-refractivity contribution in [3.05, 3.63) is 89.1 Å². The lowest BCUT2D eigenvalue weighted by molar-refractivity contribution is 0.318. The maximum Gasteiger partial charge on any atom is 0.157 e. The fourth-order valence-electron chi connectivity index (χ4n) is 5.06. The van der Waals surface area contributed by atoms with E-state index in [1.807, 2.05) is 46.5 Å². The molecule has 6 rings (SSSR count). The molecule has 2 N–H and O–H groups in total. The number of oxime groups is 1. The molecule has 0 atom stereocenters. The molecule has 0 spiro atoms. The number of imidazole rings is 1. The lowest BCUT2D eigenvalue weighted by atomic mass is 10.1. The third-order valence-corrected chi connectivity index (χ3v) is 6.84. The molecule has 0 bridgehead atoms. The van der Waals surface area contributed by atoms with Gasteiger partial charge < -0.3 is 15.3 Å². The fourth-order valence-corrected chi connectivity index (χ4v) is 5.06. The van der Waals surface area contributed by atoms with E-state index in [0.717, 1.165) is 80.8 Å². The molecule has 0 aliphatic heterocycles. The zero-order valence-electron chi connectivity index (χ0n) is 20.9. The van der Waals surface area contributed by atoms with Crippen LogP contribution in [0.5, 0.6) is 5.75 Å². The Kier molecular flexibility index (Phi) is 5.60. The maximum absolute atomic E-state index is 9.28. The van der Waals surface area contributed by atoms with E-state index in [0.29, 0.717) is 6.54 Å². The van der Waals surface area contributed by atoms with E-state index in [-0.39, 0.29) is 0 Å². The molecule has 0 amide bonds. The predicted molar refractivity (Wildman–Crippen MR) is 142 cm³/mol. The zero-order chi connectivity index (χ0) is 25.5. The standard InChI is InChI=1S/C28H27N7O2/c1-17-12-18(2)35(32-17)16-21-13-20(5-9-25(21)37-3)27-28(34-11-10-29-15-26(34)31-27)30-22-6-7-23-19(14-22)4-8-24(23)33-36/h5-7,9-15,30,36H,4,8,16H2,1-3H3/b33-24+. The molecule has 1 aliphatic carbocycles. The summed E-state index contributed by atoms with van der Waals surface area (Å²) < 4.78 is 9.67. The van der Waals surface area contributed by atoms with Gasteiger partial charge in [-0.25, -0.2) is 4.98 Å². The van der Waals surface area contributed by atoms with Crippen molar-refractivity contribution in [1.82, 2.24) is 24.1 Å². The number of rotatable bonds is 6. The minimum atomic E-state index is 0.591. The summed E-state index contributed by atoms with van der Waals surface area (Å²) in [5.41, 5.74) is 9.43. The van der Waals surface area contributed by atoms with Crippen LogP contribution in [0.1, 0.15) is 34.5 Å². The molecule has 9 nitrogen and oxygen atoms in total. The normalized spacial score (nSPS) is 13.9. The number of benzene rings is 2. The maximum atomic E-state index is 9.28. The van der Waals surface area contributed by atoms with Crippen LogP contribution >= 0.6 is 0 Å². The van der Waals surface area contributed by atoms with Crippen molar-refractivity contribution >= 4 is 22.9 Å². The van der Waals surface area contributed by atoms with E-state index in [1.54, 1.807) is 19.5 Å². The fraction of sp³-hybridized carbons (Fsp3) is 0.214. The van der Waals surface area contributed by atoms with Gasteiger partial charge in [0.05, 0.1) is 31.3 Å². The Bertz CT molecular complexity index is 1660. The second-order valence-corrected chi connectivity index (χ2v) is 9.27. The Morgan fingerprint density at radius 3 is 2.78 bits per heavy atom. The molecule has 0 fully saturated rings. The number of hydrogen-bond acceptors (Lipinski definition) is 7. The summed E-state index contributed by atoms with van der Waals surface area (Å²) in [6.45, 7) is 4.64. The Morgan fingerprint density at radius 2 is 2.00 bits per heavy atom. The summed E-state index contributed by atoms with van der Waals surface area (Å²) in [5.74, 6) is 1.64. The molecule has 186 valence electrons. The Morgan fingerprint density at radius 1 is 1.11 bits per heavy atom. The van der Waals surface area contributed by atoms with Gasteiger partial charge in [0.15, 0.2) is 5.65 Å². The highest BCUT2D eigenvalue weighted by Gasteiger charge is 2.21. The van der Waals surface area contributed by atoms with E-state index < -0.39 is 0 Å². The number of nitrogens with one attached hydrogen (secondary N) is 1. The molecular formula is C28H27N7O2. The van der Waals surface area contributed by atoms with Crippen LogP contribution in [0.15, 0.2) is 66.2 Å². The predicted octanol–water partition coefficient (Wildman–Crippen LogP) is 5.13. The summed E-state index contributed by atoms with van der Waals surface area (Å²) in [6.07, 6.45) is 6.99. The zero-order valence-corrected chi connectivity index (χ0v) is 20.9. The van der Waals surface area contributed by atoms with Gasteiger partial charge in [0.1, 0.15) is 17.3 Å². The van der Waals surface area contributed by atoms with Gasteiger partial charge in [-0.05, 0) is 68.7 Å². The molecule has 0 saturated carbocycles. The molecule has 3 heterocycles. The molecule has 37 heavy (non-hydrogen) atoms. The van der Waals surface area contributed by atoms with Gasteiger partial charge in [0.2, 0.25) is 0 Å². The number of aryl methyl sites for hydroxylation is 3. The molecule has 0 radical (unpaired) electrons. The molecule has 2 aromatic carbocycles. The minimum absolute atomic E-state index is 0.591. The van der Waals surface area contributed by atoms with Crippen molar-refractivity contribution in [2.24, 2.45) is 5.16 Å². The van der Waals surface area contributed by atoms with Crippen LogP contribution in [0, 0.1) is 13.8 Å². The average Bonchev–Trinajstić information content (AvgIpc) is 3.58. The quantitative estimate of drug-likeness (QED) is 0.251. The van der Waals surface area contributed by atoms with Crippen LogP contribution < -0.4 is 10.1 Å². The second kappa shape index (κ2) is 9.09. The number of methoxy groups -OCH3 is 1. The lowest BCUT2D eigenvalue weighted by Crippen LogP contribution is -2.06. The van der Waals surface area contributed by atoms with Crippen LogP contribution in [0.3, 0.4) is 0 Å². The van der Waals surface area contributed by atoms with Crippen molar-refractivity contribution in [2.45, 2.75) is 33.2 Å². The summed E-state index contributed by atoms with van der Waals surface area (Å²) in [7, 11) is 1.68. The lowest BCUT2D eigenvalue weighted by Gasteiger charge is -2.13. The summed E-state index contributed by atoms with van der Waals surface area (Å²) in [4.78, 5) is 9.19. The van der Waals surface area contributed by atoms with Crippen molar-refractivity contribution in [3.8, 4) is 17.0 Å². The van der Waals surface area contributed by atoms with Crippen molar-refractivity contribution in [3.63, 3.8) is 0 Å². The van der Waals surface area contributed by atoms with E-state index in [2.05, 4.69) is 45.7 Å². The van der Waals surface area contributed by atoms with Gasteiger partial charge in [0, 0.05) is 40.5 Å². The monoisotopic (exact) mass is 493 g/mol. The van der Waals surface area contributed by atoms with Crippen LogP contribution in [0.2, 0.25) is 0 Å². The Hall–Kier alpha value is -4.66. The number of aromatic nitrogens is 5. The van der Waals surface area contributed by atoms with Crippen LogP contribution in [-0.4, -0.2) is 42.2 Å². The number of nitrogens with zero attached hydrogens (tertiary/aromatic N) is 6. The van der Waals surface area contributed by atoms with E-state index in [4.69, 9.17) is 9.72 Å². The number of hydrogen-bond donors (Lipinski definition) is 2. The molecular weight excluding hydrogens is 466 g/mol. The van der Waals surface area contributed by atoms with Crippen LogP contribution in [0.4, 0.5) is 11.5 Å². The first-order valence-corrected chi connectivity index (χ1v) is 12.2. The van der Waals surface area contributed by atoms with Gasteiger partial charge in [-0.1, -0.05) is 11.2 Å². The Balaban J connectivity index is 1.43. The topological polar surface area (TPSA) is 102 Å². The Labute approximate surface area is 214 Å². The highest BCUT2D eigenvalue weighted by molar-refractivity contribution is 6.04. The van der Waals surface area contributed by atoms with E-state index >= 15 is 0 Å². The molecule has 0 unspecified atom stereocenters. The summed E-state index contributed by atoms with van der Waals surface area (Å²) >= 11 is 0. The van der Waals surface area contributed by atoms with Crippen LogP contribution in [0.25, 0.3) is 16.9 Å². The first-order valence-electron chi connectivity index (χ1n) is 12.2. The third kappa shape index (κ3) is 4.08. The molecule has 5 aromatic rings. The van der Waals surface area contributed by atoms with Crippen molar-refractivity contribution in [2.75, 3.05) is 12.4 Å². The van der Waals surface area contributed by atoms with Crippen molar-refractivity contribution < 1.29 is 9.94 Å².